The number of aldehydes is 1. The van der Waals surface area contributed by atoms with Crippen molar-refractivity contribution >= 4 is 23.9 Å². The Morgan fingerprint density at radius 3 is 2.75 bits per heavy atom. The minimum Gasteiger partial charge on any atom is -0.477 e. The highest BCUT2D eigenvalue weighted by Gasteiger charge is 2.06. The maximum Gasteiger partial charge on any atom is 0.354 e. The molecule has 0 spiro atoms. The number of pyridine rings is 1. The minimum atomic E-state index is -1.21. The monoisotopic (exact) mass is 185 g/mol. The quantitative estimate of drug-likeness (QED) is 0.556. The molecule has 0 radical (unpaired) electrons. The molecule has 0 aromatic carbocycles. The lowest BCUT2D eigenvalue weighted by Gasteiger charge is -1.95. The fraction of sp³-hybridized carbons (Fsp3) is 0. The summed E-state index contributed by atoms with van der Waals surface area (Å²) in [5.41, 5.74) is -0.0306. The molecule has 4 nitrogen and oxygen atoms in total. The van der Waals surface area contributed by atoms with Crippen LogP contribution in [0.3, 0.4) is 0 Å². The molecule has 0 fully saturated rings. The summed E-state index contributed by atoms with van der Waals surface area (Å²) in [6, 6.07) is 2.45. The van der Waals surface area contributed by atoms with E-state index in [0.717, 1.165) is 6.07 Å². The molecular weight excluding hydrogens is 182 g/mol. The molecule has 0 unspecified atom stereocenters. The van der Waals surface area contributed by atoms with Crippen LogP contribution in [0.5, 0.6) is 0 Å². The van der Waals surface area contributed by atoms with Crippen molar-refractivity contribution in [3.8, 4) is 0 Å². The summed E-state index contributed by atoms with van der Waals surface area (Å²) in [6.45, 7) is 0. The Morgan fingerprint density at radius 1 is 1.58 bits per heavy atom. The first kappa shape index (κ1) is 8.67. The molecule has 0 aliphatic rings. The summed E-state index contributed by atoms with van der Waals surface area (Å²) in [6.07, 6.45) is 0.514. The number of aromatic carboxylic acids is 1. The van der Waals surface area contributed by atoms with Gasteiger partial charge in [0.25, 0.3) is 0 Å². The molecule has 1 heterocycles. The molecule has 0 aliphatic carbocycles. The lowest BCUT2D eigenvalue weighted by Crippen LogP contribution is -2.01. The zero-order chi connectivity index (χ0) is 9.14. The van der Waals surface area contributed by atoms with Crippen LogP contribution in [0.15, 0.2) is 12.1 Å². The molecule has 0 aliphatic heterocycles. The Balaban J connectivity index is 3.23. The van der Waals surface area contributed by atoms with E-state index in [-0.39, 0.29) is 16.4 Å². The summed E-state index contributed by atoms with van der Waals surface area (Å²) in [7, 11) is 0. The van der Waals surface area contributed by atoms with Crippen LogP contribution in [0.25, 0.3) is 0 Å². The van der Waals surface area contributed by atoms with E-state index in [4.69, 9.17) is 16.7 Å². The van der Waals surface area contributed by atoms with Gasteiger partial charge in [0.15, 0.2) is 5.69 Å². The normalized spacial score (nSPS) is 9.42. The Hall–Kier alpha value is -1.42. The van der Waals surface area contributed by atoms with Gasteiger partial charge in [0.05, 0.1) is 0 Å². The van der Waals surface area contributed by atoms with Crippen LogP contribution >= 0.6 is 11.6 Å². The predicted molar refractivity (Wildman–Crippen MR) is 41.6 cm³/mol. The maximum absolute atomic E-state index is 10.4. The van der Waals surface area contributed by atoms with Gasteiger partial charge in [0, 0.05) is 5.56 Å². The van der Waals surface area contributed by atoms with Gasteiger partial charge in [-0.25, -0.2) is 9.78 Å². The van der Waals surface area contributed by atoms with E-state index in [1.165, 1.54) is 6.07 Å². The summed E-state index contributed by atoms with van der Waals surface area (Å²) in [5.74, 6) is -1.21. The standard InChI is InChI=1S/C7H4ClNO3/c8-6-2-4(3-10)1-5(9-6)7(11)12/h1-3H,(H,11,12). The first-order valence-corrected chi connectivity index (χ1v) is 3.37. The molecule has 0 saturated carbocycles. The molecule has 0 bridgehead atoms. The average Bonchev–Trinajstić information content (AvgIpc) is 2.03. The van der Waals surface area contributed by atoms with Crippen molar-refractivity contribution in [3.63, 3.8) is 0 Å². The molecule has 1 rings (SSSR count). The predicted octanol–water partition coefficient (Wildman–Crippen LogP) is 1.25. The first-order valence-electron chi connectivity index (χ1n) is 2.99. The fourth-order valence-corrected chi connectivity index (χ4v) is 0.911. The number of carbonyl (C=O) groups excluding carboxylic acids is 1. The van der Waals surface area contributed by atoms with Gasteiger partial charge in [-0.15, -0.1) is 0 Å². The number of hydrogen-bond acceptors (Lipinski definition) is 3. The second kappa shape index (κ2) is 3.32. The number of aromatic nitrogens is 1. The highest BCUT2D eigenvalue weighted by molar-refractivity contribution is 6.29. The third-order valence-corrected chi connectivity index (χ3v) is 1.37. The molecule has 1 aromatic heterocycles. The molecule has 1 N–H and O–H groups in total. The zero-order valence-electron chi connectivity index (χ0n) is 5.82. The number of halogens is 1. The van der Waals surface area contributed by atoms with Gasteiger partial charge in [-0.05, 0) is 12.1 Å². The SMILES string of the molecule is O=Cc1cc(Cl)nc(C(=O)O)c1. The molecule has 5 heteroatoms. The summed E-state index contributed by atoms with van der Waals surface area (Å²) in [4.78, 5) is 24.1. The number of hydrogen-bond donors (Lipinski definition) is 1. The van der Waals surface area contributed by atoms with Crippen molar-refractivity contribution < 1.29 is 14.7 Å². The van der Waals surface area contributed by atoms with Crippen LogP contribution in [-0.2, 0) is 0 Å². The number of rotatable bonds is 2. The number of carboxylic acid groups (broad SMARTS) is 1. The smallest absolute Gasteiger partial charge is 0.354 e. The van der Waals surface area contributed by atoms with E-state index < -0.39 is 5.97 Å². The van der Waals surface area contributed by atoms with E-state index in [1.807, 2.05) is 0 Å². The molecule has 0 saturated heterocycles. The van der Waals surface area contributed by atoms with Gasteiger partial charge >= 0.3 is 5.97 Å². The molecule has 0 amide bonds. The van der Waals surface area contributed by atoms with Crippen molar-refractivity contribution in [2.75, 3.05) is 0 Å². The fourth-order valence-electron chi connectivity index (χ4n) is 0.694. The number of carbonyl (C=O) groups is 2. The molecule has 1 aromatic rings. The van der Waals surface area contributed by atoms with Crippen molar-refractivity contribution in [1.82, 2.24) is 4.98 Å². The van der Waals surface area contributed by atoms with Crippen LogP contribution in [0, 0.1) is 0 Å². The maximum atomic E-state index is 10.4. The summed E-state index contributed by atoms with van der Waals surface area (Å²) < 4.78 is 0. The third-order valence-electron chi connectivity index (χ3n) is 1.17. The Morgan fingerprint density at radius 2 is 2.25 bits per heavy atom. The first-order chi connectivity index (χ1) is 5.63. The van der Waals surface area contributed by atoms with Crippen LogP contribution in [0.4, 0.5) is 0 Å². The van der Waals surface area contributed by atoms with Gasteiger partial charge in [-0.3, -0.25) is 4.79 Å². The zero-order valence-corrected chi connectivity index (χ0v) is 6.58. The third kappa shape index (κ3) is 1.79. The van der Waals surface area contributed by atoms with Gasteiger partial charge in [0.2, 0.25) is 0 Å². The van der Waals surface area contributed by atoms with Crippen LogP contribution in [0.2, 0.25) is 5.15 Å². The lowest BCUT2D eigenvalue weighted by molar-refractivity contribution is 0.0690. The summed E-state index contributed by atoms with van der Waals surface area (Å²) in [5, 5.41) is 8.49. The van der Waals surface area contributed by atoms with E-state index in [2.05, 4.69) is 4.98 Å². The molecule has 12 heavy (non-hydrogen) atoms. The minimum absolute atomic E-state index is 0.00278. The Kier molecular flexibility index (Phi) is 2.40. The highest BCUT2D eigenvalue weighted by Crippen LogP contribution is 2.08. The van der Waals surface area contributed by atoms with Crippen molar-refractivity contribution in [2.24, 2.45) is 0 Å². The number of carboxylic acids is 1. The lowest BCUT2D eigenvalue weighted by atomic mass is 10.2. The number of nitrogens with zero attached hydrogens (tertiary/aromatic N) is 1. The molecule has 62 valence electrons. The topological polar surface area (TPSA) is 67.3 Å². The largest absolute Gasteiger partial charge is 0.477 e. The van der Waals surface area contributed by atoms with E-state index in [9.17, 15) is 9.59 Å². The second-order valence-electron chi connectivity index (χ2n) is 2.03. The van der Waals surface area contributed by atoms with Gasteiger partial charge in [0.1, 0.15) is 11.4 Å². The second-order valence-corrected chi connectivity index (χ2v) is 2.42. The van der Waals surface area contributed by atoms with E-state index >= 15 is 0 Å². The molecule has 0 atom stereocenters. The van der Waals surface area contributed by atoms with Crippen molar-refractivity contribution in [3.05, 3.63) is 28.5 Å². The van der Waals surface area contributed by atoms with Gasteiger partial charge in [-0.2, -0.15) is 0 Å². The van der Waals surface area contributed by atoms with Gasteiger partial charge in [-0.1, -0.05) is 11.6 Å². The highest BCUT2D eigenvalue weighted by atomic mass is 35.5. The Bertz CT molecular complexity index is 337. The van der Waals surface area contributed by atoms with E-state index in [0.29, 0.717) is 6.29 Å². The average molecular weight is 186 g/mol. The Labute approximate surface area is 72.8 Å². The van der Waals surface area contributed by atoms with E-state index in [1.54, 1.807) is 0 Å². The van der Waals surface area contributed by atoms with Crippen LogP contribution in [-0.4, -0.2) is 22.3 Å². The summed E-state index contributed by atoms with van der Waals surface area (Å²) >= 11 is 5.44. The van der Waals surface area contributed by atoms with Gasteiger partial charge < -0.3 is 5.11 Å². The van der Waals surface area contributed by atoms with Crippen LogP contribution in [0.1, 0.15) is 20.8 Å². The van der Waals surface area contributed by atoms with Crippen molar-refractivity contribution in [1.29, 1.82) is 0 Å². The molecular formula is C7H4ClNO3. The van der Waals surface area contributed by atoms with Crippen LogP contribution < -0.4 is 0 Å². The van der Waals surface area contributed by atoms with Crippen molar-refractivity contribution in [2.45, 2.75) is 0 Å².